The maximum absolute atomic E-state index is 12.6. The molecule has 3 aromatic rings. The van der Waals surface area contributed by atoms with Gasteiger partial charge in [-0.2, -0.15) is 0 Å². The van der Waals surface area contributed by atoms with Gasteiger partial charge in [-0.05, 0) is 60.0 Å². The molecule has 6 heteroatoms. The fourth-order valence-electron chi connectivity index (χ4n) is 4.17. The van der Waals surface area contributed by atoms with Gasteiger partial charge in [0.05, 0.1) is 13.2 Å². The predicted molar refractivity (Wildman–Crippen MR) is 133 cm³/mol. The summed E-state index contributed by atoms with van der Waals surface area (Å²) < 4.78 is 10.8. The van der Waals surface area contributed by atoms with Crippen molar-refractivity contribution in [3.63, 3.8) is 0 Å². The van der Waals surface area contributed by atoms with Crippen molar-refractivity contribution in [1.29, 1.82) is 0 Å². The van der Waals surface area contributed by atoms with Crippen LogP contribution in [0.2, 0.25) is 0 Å². The number of nitrogens with zero attached hydrogens (tertiary/aromatic N) is 2. The summed E-state index contributed by atoms with van der Waals surface area (Å²) in [6.07, 6.45) is 1.01. The monoisotopic (exact) mass is 445 g/mol. The third kappa shape index (κ3) is 5.40. The molecule has 33 heavy (non-hydrogen) atoms. The third-order valence-electron chi connectivity index (χ3n) is 6.02. The molecule has 0 saturated carbocycles. The molecular weight excluding hydrogens is 414 g/mol. The van der Waals surface area contributed by atoms with E-state index in [-0.39, 0.29) is 18.6 Å². The van der Waals surface area contributed by atoms with Crippen LogP contribution >= 0.6 is 0 Å². The fraction of sp³-hybridized carbons (Fsp3) is 0.296. The Hall–Kier alpha value is -3.67. The standard InChI is InChI=1S/C27H31N3O3/c1-29(2)22-10-8-21(9-11-22)26(30-17-16-20-6-4-5-7-25(20)30)18-28-27(31)19-33-24-14-12-23(32-3)13-15-24/h4-15,26H,16-19H2,1-3H3,(H,28,31). The zero-order chi connectivity index (χ0) is 23.2. The van der Waals surface area contributed by atoms with Gasteiger partial charge in [-0.1, -0.05) is 30.3 Å². The van der Waals surface area contributed by atoms with Crippen LogP contribution in [-0.4, -0.2) is 46.8 Å². The molecule has 1 N–H and O–H groups in total. The van der Waals surface area contributed by atoms with E-state index in [4.69, 9.17) is 9.47 Å². The van der Waals surface area contributed by atoms with Crippen LogP contribution in [0, 0.1) is 0 Å². The van der Waals surface area contributed by atoms with E-state index in [1.165, 1.54) is 16.8 Å². The molecule has 3 aromatic carbocycles. The highest BCUT2D eigenvalue weighted by Gasteiger charge is 2.27. The first-order valence-electron chi connectivity index (χ1n) is 11.2. The third-order valence-corrected chi connectivity index (χ3v) is 6.02. The van der Waals surface area contributed by atoms with Gasteiger partial charge >= 0.3 is 0 Å². The molecule has 1 heterocycles. The number of hydrogen-bond donors (Lipinski definition) is 1. The summed E-state index contributed by atoms with van der Waals surface area (Å²) in [5.74, 6) is 1.24. The lowest BCUT2D eigenvalue weighted by Crippen LogP contribution is -2.39. The van der Waals surface area contributed by atoms with Crippen LogP contribution in [0.5, 0.6) is 11.5 Å². The zero-order valence-corrected chi connectivity index (χ0v) is 19.5. The largest absolute Gasteiger partial charge is 0.497 e. The highest BCUT2D eigenvalue weighted by Crippen LogP contribution is 2.35. The number of amides is 1. The molecule has 1 unspecified atom stereocenters. The van der Waals surface area contributed by atoms with Crippen molar-refractivity contribution in [2.24, 2.45) is 0 Å². The Bertz CT molecular complexity index is 1060. The molecule has 1 amide bonds. The van der Waals surface area contributed by atoms with Gasteiger partial charge < -0.3 is 24.6 Å². The number of methoxy groups -OCH3 is 1. The van der Waals surface area contributed by atoms with E-state index in [2.05, 4.69) is 63.6 Å². The van der Waals surface area contributed by atoms with Gasteiger partial charge in [-0.25, -0.2) is 0 Å². The average Bonchev–Trinajstić information content (AvgIpc) is 3.27. The summed E-state index contributed by atoms with van der Waals surface area (Å²) in [5, 5.41) is 3.08. The second-order valence-electron chi connectivity index (χ2n) is 8.34. The Morgan fingerprint density at radius 1 is 1.00 bits per heavy atom. The SMILES string of the molecule is COc1ccc(OCC(=O)NCC(c2ccc(N(C)C)cc2)N2CCc3ccccc32)cc1. The number of carbonyl (C=O) groups excluding carboxylic acids is 1. The van der Waals surface area contributed by atoms with Gasteiger partial charge in [-0.15, -0.1) is 0 Å². The number of fused-ring (bicyclic) bond motifs is 1. The Labute approximate surface area is 195 Å². The number of anilines is 2. The summed E-state index contributed by atoms with van der Waals surface area (Å²) in [7, 11) is 5.69. The van der Waals surface area contributed by atoms with E-state index in [1.54, 1.807) is 19.2 Å². The van der Waals surface area contributed by atoms with Gasteiger partial charge in [0.15, 0.2) is 6.61 Å². The summed E-state index contributed by atoms with van der Waals surface area (Å²) in [4.78, 5) is 17.1. The smallest absolute Gasteiger partial charge is 0.258 e. The first-order chi connectivity index (χ1) is 16.0. The van der Waals surface area contributed by atoms with Crippen LogP contribution in [0.4, 0.5) is 11.4 Å². The molecule has 6 nitrogen and oxygen atoms in total. The van der Waals surface area contributed by atoms with Crippen LogP contribution in [0.15, 0.2) is 72.8 Å². The summed E-state index contributed by atoms with van der Waals surface area (Å²) >= 11 is 0. The fourth-order valence-corrected chi connectivity index (χ4v) is 4.17. The molecular formula is C27H31N3O3. The van der Waals surface area contributed by atoms with E-state index < -0.39 is 0 Å². The number of nitrogens with one attached hydrogen (secondary N) is 1. The topological polar surface area (TPSA) is 54.0 Å². The van der Waals surface area contributed by atoms with Crippen molar-refractivity contribution in [2.45, 2.75) is 12.5 Å². The zero-order valence-electron chi connectivity index (χ0n) is 19.5. The minimum absolute atomic E-state index is 0.0325. The predicted octanol–water partition coefficient (Wildman–Crippen LogP) is 4.06. The van der Waals surface area contributed by atoms with Crippen molar-refractivity contribution in [1.82, 2.24) is 5.32 Å². The lowest BCUT2D eigenvalue weighted by atomic mass is 10.0. The Kier molecular flexibility index (Phi) is 7.03. The Morgan fingerprint density at radius 2 is 1.70 bits per heavy atom. The molecule has 0 aromatic heterocycles. The Morgan fingerprint density at radius 3 is 2.39 bits per heavy atom. The normalized spacial score (nSPS) is 13.2. The number of ether oxygens (including phenoxy) is 2. The number of carbonyl (C=O) groups is 1. The van der Waals surface area contributed by atoms with Crippen LogP contribution < -0.4 is 24.6 Å². The van der Waals surface area contributed by atoms with E-state index in [0.717, 1.165) is 24.4 Å². The molecule has 0 fully saturated rings. The van der Waals surface area contributed by atoms with Crippen molar-refractivity contribution in [3.8, 4) is 11.5 Å². The first kappa shape index (κ1) is 22.5. The molecule has 4 rings (SSSR count). The lowest BCUT2D eigenvalue weighted by molar-refractivity contribution is -0.123. The van der Waals surface area contributed by atoms with Crippen molar-refractivity contribution in [2.75, 3.05) is 50.7 Å². The molecule has 0 spiro atoms. The second kappa shape index (κ2) is 10.3. The second-order valence-corrected chi connectivity index (χ2v) is 8.34. The molecule has 172 valence electrons. The lowest BCUT2D eigenvalue weighted by Gasteiger charge is -2.31. The van der Waals surface area contributed by atoms with Gasteiger partial charge in [0.25, 0.3) is 5.91 Å². The minimum atomic E-state index is -0.145. The van der Waals surface area contributed by atoms with Gasteiger partial charge in [0, 0.05) is 38.6 Å². The number of hydrogen-bond acceptors (Lipinski definition) is 5. The van der Waals surface area contributed by atoms with Crippen LogP contribution in [0.3, 0.4) is 0 Å². The highest BCUT2D eigenvalue weighted by atomic mass is 16.5. The number of rotatable bonds is 9. The van der Waals surface area contributed by atoms with E-state index in [1.807, 2.05) is 26.2 Å². The Balaban J connectivity index is 1.45. The average molecular weight is 446 g/mol. The van der Waals surface area contributed by atoms with Gasteiger partial charge in [0.1, 0.15) is 11.5 Å². The highest BCUT2D eigenvalue weighted by molar-refractivity contribution is 5.77. The maximum atomic E-state index is 12.6. The van der Waals surface area contributed by atoms with E-state index in [0.29, 0.717) is 12.3 Å². The van der Waals surface area contributed by atoms with Crippen LogP contribution in [0.25, 0.3) is 0 Å². The molecule has 0 bridgehead atoms. The van der Waals surface area contributed by atoms with E-state index in [9.17, 15) is 4.79 Å². The molecule has 1 aliphatic rings. The summed E-state index contributed by atoms with van der Waals surface area (Å²) in [5.41, 5.74) is 4.91. The summed E-state index contributed by atoms with van der Waals surface area (Å²) in [6, 6.07) is 24.3. The maximum Gasteiger partial charge on any atom is 0.258 e. The van der Waals surface area contributed by atoms with Gasteiger partial charge in [-0.3, -0.25) is 4.79 Å². The molecule has 1 atom stereocenters. The van der Waals surface area contributed by atoms with Crippen LogP contribution in [-0.2, 0) is 11.2 Å². The van der Waals surface area contributed by atoms with Gasteiger partial charge in [0.2, 0.25) is 0 Å². The van der Waals surface area contributed by atoms with E-state index >= 15 is 0 Å². The van der Waals surface area contributed by atoms with Crippen LogP contribution in [0.1, 0.15) is 17.2 Å². The molecule has 0 aliphatic carbocycles. The molecule has 1 aliphatic heterocycles. The van der Waals surface area contributed by atoms with Crippen molar-refractivity contribution >= 4 is 17.3 Å². The minimum Gasteiger partial charge on any atom is -0.497 e. The summed E-state index contributed by atoms with van der Waals surface area (Å²) in [6.45, 7) is 1.40. The van der Waals surface area contributed by atoms with Crippen molar-refractivity contribution < 1.29 is 14.3 Å². The quantitative estimate of drug-likeness (QED) is 0.538. The first-order valence-corrected chi connectivity index (χ1v) is 11.2. The van der Waals surface area contributed by atoms with Crippen molar-refractivity contribution in [3.05, 3.63) is 83.9 Å². The molecule has 0 saturated heterocycles. The number of para-hydroxylation sites is 1. The number of benzene rings is 3. The molecule has 0 radical (unpaired) electrons.